The van der Waals surface area contributed by atoms with Gasteiger partial charge in [-0.1, -0.05) is 36.4 Å². The fraction of sp³-hybridized carbons (Fsp3) is 0.0714. The van der Waals surface area contributed by atoms with Gasteiger partial charge in [-0.05, 0) is 52.4 Å². The molecule has 3 aromatic carbocycles. The maximum Gasteiger partial charge on any atom is 0.142 e. The Hall–Kier alpha value is -4.58. The molecule has 0 bridgehead atoms. The third-order valence-corrected chi connectivity index (χ3v) is 6.25. The minimum Gasteiger partial charge on any atom is -0.497 e. The number of aromatic nitrogens is 4. The van der Waals surface area contributed by atoms with Crippen molar-refractivity contribution >= 4 is 27.6 Å². The van der Waals surface area contributed by atoms with Gasteiger partial charge in [-0.15, -0.1) is 0 Å². The lowest BCUT2D eigenvalue weighted by atomic mass is 10.00. The number of hydrogen-bond donors (Lipinski definition) is 2. The van der Waals surface area contributed by atoms with Crippen LogP contribution in [0.3, 0.4) is 0 Å². The lowest BCUT2D eigenvalue weighted by Crippen LogP contribution is -2.00. The summed E-state index contributed by atoms with van der Waals surface area (Å²) < 4.78 is 7.46. The van der Waals surface area contributed by atoms with Crippen LogP contribution in [0.15, 0.2) is 91.5 Å². The summed E-state index contributed by atoms with van der Waals surface area (Å²) in [6.45, 7) is 0. The molecule has 0 aliphatic carbocycles. The van der Waals surface area contributed by atoms with Gasteiger partial charge in [0, 0.05) is 42.0 Å². The second-order valence-electron chi connectivity index (χ2n) is 8.16. The summed E-state index contributed by atoms with van der Waals surface area (Å²) in [4.78, 5) is 12.2. The number of ether oxygens (including phenoxy) is 1. The van der Waals surface area contributed by atoms with Crippen molar-refractivity contribution in [1.29, 1.82) is 0 Å². The van der Waals surface area contributed by atoms with Crippen LogP contribution in [0.25, 0.3) is 49.9 Å². The van der Waals surface area contributed by atoms with E-state index in [1.807, 2.05) is 31.4 Å². The van der Waals surface area contributed by atoms with Crippen LogP contribution in [0.5, 0.6) is 5.75 Å². The summed E-state index contributed by atoms with van der Waals surface area (Å²) in [6, 6.07) is 25.3. The van der Waals surface area contributed by atoms with Crippen LogP contribution in [0.4, 0.5) is 5.82 Å². The van der Waals surface area contributed by atoms with Crippen LogP contribution in [0, 0.1) is 0 Å². The number of anilines is 1. The molecule has 34 heavy (non-hydrogen) atoms. The zero-order valence-electron chi connectivity index (χ0n) is 18.9. The lowest BCUT2D eigenvalue weighted by molar-refractivity contribution is 0.415. The van der Waals surface area contributed by atoms with Crippen LogP contribution in [-0.2, 0) is 0 Å². The van der Waals surface area contributed by atoms with Gasteiger partial charge >= 0.3 is 0 Å². The molecule has 6 nitrogen and oxygen atoms in total. The van der Waals surface area contributed by atoms with Gasteiger partial charge in [0.05, 0.1) is 12.6 Å². The first-order valence-electron chi connectivity index (χ1n) is 11.1. The fourth-order valence-electron chi connectivity index (χ4n) is 4.44. The van der Waals surface area contributed by atoms with E-state index in [9.17, 15) is 0 Å². The monoisotopic (exact) mass is 445 g/mol. The Morgan fingerprint density at radius 1 is 0.853 bits per heavy atom. The van der Waals surface area contributed by atoms with Crippen molar-refractivity contribution in [3.05, 3.63) is 91.5 Å². The van der Waals surface area contributed by atoms with E-state index < -0.39 is 0 Å². The Morgan fingerprint density at radius 3 is 2.50 bits per heavy atom. The van der Waals surface area contributed by atoms with Gasteiger partial charge in [0.15, 0.2) is 0 Å². The first kappa shape index (κ1) is 20.1. The standard InChI is InChI=1S/C28H23N5O/c1-29-27-15-28(32-17-31-27)33-16-24(21-4-3-19-11-12-30-25(19)13-21)23-10-7-20(14-26(23)33)18-5-8-22(34-2)9-6-18/h3-17,30H,1-2H3,(H,29,31,32). The molecule has 0 aliphatic rings. The summed E-state index contributed by atoms with van der Waals surface area (Å²) >= 11 is 0. The van der Waals surface area contributed by atoms with Crippen LogP contribution in [0.1, 0.15) is 0 Å². The first-order chi connectivity index (χ1) is 16.7. The number of methoxy groups -OCH3 is 1. The quantitative estimate of drug-likeness (QED) is 0.327. The van der Waals surface area contributed by atoms with Gasteiger partial charge in [-0.2, -0.15) is 0 Å². The predicted octanol–water partition coefficient (Wildman–Crippen LogP) is 6.29. The van der Waals surface area contributed by atoms with Crippen molar-refractivity contribution in [3.8, 4) is 33.8 Å². The molecule has 0 atom stereocenters. The molecule has 6 aromatic rings. The molecule has 0 aliphatic heterocycles. The molecule has 3 heterocycles. The van der Waals surface area contributed by atoms with Gasteiger partial charge in [-0.25, -0.2) is 9.97 Å². The maximum atomic E-state index is 5.32. The SMILES string of the molecule is CNc1cc(-n2cc(-c3ccc4cc[nH]c4c3)c3ccc(-c4ccc(OC)cc4)cc32)ncn1. The van der Waals surface area contributed by atoms with Crippen molar-refractivity contribution < 1.29 is 4.74 Å². The highest BCUT2D eigenvalue weighted by atomic mass is 16.5. The lowest BCUT2D eigenvalue weighted by Gasteiger charge is -2.08. The van der Waals surface area contributed by atoms with Crippen LogP contribution >= 0.6 is 0 Å². The molecule has 3 aromatic heterocycles. The number of aromatic amines is 1. The van der Waals surface area contributed by atoms with Crippen molar-refractivity contribution in [2.75, 3.05) is 19.5 Å². The van der Waals surface area contributed by atoms with Crippen LogP contribution < -0.4 is 10.1 Å². The third kappa shape index (κ3) is 3.36. The first-order valence-corrected chi connectivity index (χ1v) is 11.1. The summed E-state index contributed by atoms with van der Waals surface area (Å²) in [6.07, 6.45) is 5.72. The molecule has 0 saturated heterocycles. The van der Waals surface area contributed by atoms with Gasteiger partial charge in [0.1, 0.15) is 23.7 Å². The molecular weight excluding hydrogens is 422 g/mol. The van der Waals surface area contributed by atoms with E-state index in [4.69, 9.17) is 4.74 Å². The van der Waals surface area contributed by atoms with Crippen molar-refractivity contribution in [3.63, 3.8) is 0 Å². The van der Waals surface area contributed by atoms with E-state index in [-0.39, 0.29) is 0 Å². The van der Waals surface area contributed by atoms with E-state index in [2.05, 4.69) is 85.6 Å². The topological polar surface area (TPSA) is 67.8 Å². The molecule has 0 radical (unpaired) electrons. The zero-order chi connectivity index (χ0) is 23.1. The van der Waals surface area contributed by atoms with E-state index in [0.717, 1.165) is 56.1 Å². The number of nitrogens with one attached hydrogen (secondary N) is 2. The van der Waals surface area contributed by atoms with E-state index in [1.165, 1.54) is 5.39 Å². The number of H-pyrrole nitrogens is 1. The van der Waals surface area contributed by atoms with Gasteiger partial charge in [0.25, 0.3) is 0 Å². The summed E-state index contributed by atoms with van der Waals surface area (Å²) in [5.41, 5.74) is 6.76. The predicted molar refractivity (Wildman–Crippen MR) is 138 cm³/mol. The van der Waals surface area contributed by atoms with Crippen molar-refractivity contribution in [1.82, 2.24) is 19.5 Å². The minimum atomic E-state index is 0.771. The molecule has 6 rings (SSSR count). The zero-order valence-corrected chi connectivity index (χ0v) is 18.9. The second-order valence-corrected chi connectivity index (χ2v) is 8.16. The number of hydrogen-bond acceptors (Lipinski definition) is 4. The molecule has 166 valence electrons. The number of fused-ring (bicyclic) bond motifs is 2. The Bertz CT molecular complexity index is 1630. The smallest absolute Gasteiger partial charge is 0.142 e. The second kappa shape index (κ2) is 8.08. The maximum absolute atomic E-state index is 5.32. The number of rotatable bonds is 5. The van der Waals surface area contributed by atoms with E-state index in [0.29, 0.717) is 0 Å². The molecule has 2 N–H and O–H groups in total. The van der Waals surface area contributed by atoms with E-state index in [1.54, 1.807) is 13.4 Å². The molecular formula is C28H23N5O. The average Bonchev–Trinajstić information content (AvgIpc) is 3.52. The third-order valence-electron chi connectivity index (χ3n) is 6.25. The Morgan fingerprint density at radius 2 is 1.68 bits per heavy atom. The van der Waals surface area contributed by atoms with E-state index >= 15 is 0 Å². The highest BCUT2D eigenvalue weighted by Crippen LogP contribution is 2.36. The Balaban J connectivity index is 1.57. The van der Waals surface area contributed by atoms with Crippen molar-refractivity contribution in [2.45, 2.75) is 0 Å². The molecule has 0 fully saturated rings. The van der Waals surface area contributed by atoms with Gasteiger partial charge < -0.3 is 19.6 Å². The molecule has 0 spiro atoms. The van der Waals surface area contributed by atoms with Crippen molar-refractivity contribution in [2.24, 2.45) is 0 Å². The Labute approximate surface area is 196 Å². The Kier molecular flexibility index (Phi) is 4.77. The summed E-state index contributed by atoms with van der Waals surface area (Å²) in [7, 11) is 3.54. The molecule has 6 heteroatoms. The average molecular weight is 446 g/mol. The van der Waals surface area contributed by atoms with Gasteiger partial charge in [0.2, 0.25) is 0 Å². The molecule has 0 amide bonds. The largest absolute Gasteiger partial charge is 0.497 e. The molecule has 0 saturated carbocycles. The fourth-order valence-corrected chi connectivity index (χ4v) is 4.44. The minimum absolute atomic E-state index is 0.771. The highest BCUT2D eigenvalue weighted by molar-refractivity contribution is 6.00. The highest BCUT2D eigenvalue weighted by Gasteiger charge is 2.15. The van der Waals surface area contributed by atoms with Crippen LogP contribution in [-0.4, -0.2) is 33.7 Å². The normalized spacial score (nSPS) is 11.2. The molecule has 0 unspecified atom stereocenters. The van der Waals surface area contributed by atoms with Gasteiger partial charge in [-0.3, -0.25) is 0 Å². The summed E-state index contributed by atoms with van der Waals surface area (Å²) in [5, 5.41) is 5.47. The van der Waals surface area contributed by atoms with Crippen LogP contribution in [0.2, 0.25) is 0 Å². The number of nitrogens with zero attached hydrogens (tertiary/aromatic N) is 3. The number of benzene rings is 3. The summed E-state index contributed by atoms with van der Waals surface area (Å²) in [5.74, 6) is 2.42.